The molecule has 0 radical (unpaired) electrons. The fourth-order valence-corrected chi connectivity index (χ4v) is 1.94. The van der Waals surface area contributed by atoms with Crippen LogP contribution in [0.2, 0.25) is 0 Å². The third-order valence-corrected chi connectivity index (χ3v) is 3.07. The topological polar surface area (TPSA) is 76.7 Å². The number of carbonyl (C=O) groups excluding carboxylic acids is 2. The lowest BCUT2D eigenvalue weighted by atomic mass is 10.2. The van der Waals surface area contributed by atoms with Crippen LogP contribution in [0, 0.1) is 0 Å². The van der Waals surface area contributed by atoms with E-state index in [4.69, 9.17) is 9.47 Å². The third-order valence-electron chi connectivity index (χ3n) is 3.07. The Kier molecular flexibility index (Phi) is 5.78. The van der Waals surface area contributed by atoms with E-state index in [1.807, 2.05) is 0 Å². The highest BCUT2D eigenvalue weighted by molar-refractivity contribution is 6.00. The molecule has 0 bridgehead atoms. The zero-order valence-corrected chi connectivity index (χ0v) is 13.8. The number of anilines is 2. The smallest absolute Gasteiger partial charge is 0.338 e. The highest BCUT2D eigenvalue weighted by atomic mass is 16.5. The molecule has 2 N–H and O–H groups in total. The fraction of sp³-hybridized carbons (Fsp3) is 0.222. The van der Waals surface area contributed by atoms with Crippen LogP contribution in [0.1, 0.15) is 24.2 Å². The number of rotatable bonds is 5. The van der Waals surface area contributed by atoms with Crippen LogP contribution in [0.4, 0.5) is 16.2 Å². The summed E-state index contributed by atoms with van der Waals surface area (Å²) in [5.74, 6) is 0.323. The second kappa shape index (κ2) is 8.01. The number of amides is 2. The Balaban J connectivity index is 1.92. The van der Waals surface area contributed by atoms with Crippen LogP contribution in [0.5, 0.6) is 5.75 Å². The number of hydrogen-bond donors (Lipinski definition) is 2. The lowest BCUT2D eigenvalue weighted by Gasteiger charge is -2.10. The number of carbonyl (C=O) groups is 2. The summed E-state index contributed by atoms with van der Waals surface area (Å²) < 4.78 is 10.2. The van der Waals surface area contributed by atoms with E-state index in [9.17, 15) is 9.59 Å². The molecule has 0 atom stereocenters. The van der Waals surface area contributed by atoms with Crippen LogP contribution in [-0.4, -0.2) is 25.2 Å². The molecule has 0 saturated heterocycles. The van der Waals surface area contributed by atoms with Gasteiger partial charge in [0.05, 0.1) is 18.8 Å². The standard InChI is InChI=1S/C18H20N2O4/c1-12(2)24-17(21)13-4-6-14(7-5-13)19-18(22)20-15-8-10-16(23-3)11-9-15/h4-12H,1-3H3,(H2,19,20,22). The molecule has 0 aliphatic carbocycles. The van der Waals surface area contributed by atoms with Gasteiger partial charge in [-0.05, 0) is 62.4 Å². The number of nitrogens with one attached hydrogen (secondary N) is 2. The maximum Gasteiger partial charge on any atom is 0.338 e. The average Bonchev–Trinajstić information content (AvgIpc) is 2.55. The Morgan fingerprint density at radius 3 is 1.83 bits per heavy atom. The number of ether oxygens (including phenoxy) is 2. The van der Waals surface area contributed by atoms with Crippen molar-refractivity contribution in [3.63, 3.8) is 0 Å². The molecule has 0 aromatic heterocycles. The Morgan fingerprint density at radius 2 is 1.38 bits per heavy atom. The van der Waals surface area contributed by atoms with Crippen molar-refractivity contribution >= 4 is 23.4 Å². The Bertz CT molecular complexity index is 694. The van der Waals surface area contributed by atoms with Crippen molar-refractivity contribution in [3.8, 4) is 5.75 Å². The number of methoxy groups -OCH3 is 1. The second-order valence-corrected chi connectivity index (χ2v) is 5.34. The molecule has 6 nitrogen and oxygen atoms in total. The van der Waals surface area contributed by atoms with Crippen LogP contribution in [-0.2, 0) is 4.74 Å². The molecule has 0 aliphatic rings. The van der Waals surface area contributed by atoms with Gasteiger partial charge in [0, 0.05) is 11.4 Å². The zero-order valence-electron chi connectivity index (χ0n) is 13.8. The molecule has 0 unspecified atom stereocenters. The normalized spacial score (nSPS) is 10.2. The van der Waals surface area contributed by atoms with Crippen LogP contribution < -0.4 is 15.4 Å². The summed E-state index contributed by atoms with van der Waals surface area (Å²) in [6, 6.07) is 13.1. The fourth-order valence-electron chi connectivity index (χ4n) is 1.94. The molecule has 2 aromatic rings. The highest BCUT2D eigenvalue weighted by Gasteiger charge is 2.09. The van der Waals surface area contributed by atoms with Crippen molar-refractivity contribution < 1.29 is 19.1 Å². The molecular weight excluding hydrogens is 308 g/mol. The maximum absolute atomic E-state index is 12.0. The van der Waals surface area contributed by atoms with E-state index in [1.165, 1.54) is 0 Å². The quantitative estimate of drug-likeness (QED) is 0.816. The van der Waals surface area contributed by atoms with Gasteiger partial charge in [-0.2, -0.15) is 0 Å². The maximum atomic E-state index is 12.0. The summed E-state index contributed by atoms with van der Waals surface area (Å²) in [6.45, 7) is 3.58. The third kappa shape index (κ3) is 5.01. The molecule has 0 saturated carbocycles. The predicted molar refractivity (Wildman–Crippen MR) is 92.6 cm³/mol. The van der Waals surface area contributed by atoms with Crippen molar-refractivity contribution in [2.45, 2.75) is 20.0 Å². The monoisotopic (exact) mass is 328 g/mol. The van der Waals surface area contributed by atoms with Crippen molar-refractivity contribution in [3.05, 3.63) is 54.1 Å². The molecule has 0 heterocycles. The van der Waals surface area contributed by atoms with Gasteiger partial charge in [0.25, 0.3) is 0 Å². The van der Waals surface area contributed by atoms with E-state index >= 15 is 0 Å². The number of urea groups is 1. The van der Waals surface area contributed by atoms with E-state index in [0.717, 1.165) is 0 Å². The first-order chi connectivity index (χ1) is 11.5. The van der Waals surface area contributed by atoms with Gasteiger partial charge >= 0.3 is 12.0 Å². The Morgan fingerprint density at radius 1 is 0.875 bits per heavy atom. The van der Waals surface area contributed by atoms with Crippen molar-refractivity contribution in [2.75, 3.05) is 17.7 Å². The van der Waals surface area contributed by atoms with Crippen molar-refractivity contribution in [1.29, 1.82) is 0 Å². The Hall–Kier alpha value is -3.02. The zero-order chi connectivity index (χ0) is 17.5. The molecule has 6 heteroatoms. The lowest BCUT2D eigenvalue weighted by molar-refractivity contribution is 0.0378. The minimum atomic E-state index is -0.390. The van der Waals surface area contributed by atoms with Gasteiger partial charge in [-0.25, -0.2) is 9.59 Å². The second-order valence-electron chi connectivity index (χ2n) is 5.34. The van der Waals surface area contributed by atoms with E-state index in [2.05, 4.69) is 10.6 Å². The van der Waals surface area contributed by atoms with Crippen LogP contribution in [0.3, 0.4) is 0 Å². The van der Waals surface area contributed by atoms with Gasteiger partial charge < -0.3 is 20.1 Å². The van der Waals surface area contributed by atoms with Crippen LogP contribution in [0.25, 0.3) is 0 Å². The molecule has 0 spiro atoms. The first-order valence-electron chi connectivity index (χ1n) is 7.51. The van der Waals surface area contributed by atoms with E-state index < -0.39 is 0 Å². The summed E-state index contributed by atoms with van der Waals surface area (Å²) in [7, 11) is 1.58. The van der Waals surface area contributed by atoms with Crippen LogP contribution in [0.15, 0.2) is 48.5 Å². The van der Waals surface area contributed by atoms with Gasteiger partial charge in [-0.3, -0.25) is 0 Å². The summed E-state index contributed by atoms with van der Waals surface area (Å²) in [4.78, 5) is 23.7. The van der Waals surface area contributed by atoms with Crippen molar-refractivity contribution in [2.24, 2.45) is 0 Å². The lowest BCUT2D eigenvalue weighted by Crippen LogP contribution is -2.19. The Labute approximate surface area is 140 Å². The van der Waals surface area contributed by atoms with Crippen LogP contribution >= 0.6 is 0 Å². The van der Waals surface area contributed by atoms with E-state index in [1.54, 1.807) is 69.5 Å². The van der Waals surface area contributed by atoms with Crippen molar-refractivity contribution in [1.82, 2.24) is 0 Å². The predicted octanol–water partition coefficient (Wildman–Crippen LogP) is 3.90. The summed E-state index contributed by atoms with van der Waals surface area (Å²) in [5, 5.41) is 5.40. The number of hydrogen-bond acceptors (Lipinski definition) is 4. The minimum absolute atomic E-state index is 0.175. The summed E-state index contributed by atoms with van der Waals surface area (Å²) in [5.41, 5.74) is 1.65. The summed E-state index contributed by atoms with van der Waals surface area (Å²) in [6.07, 6.45) is -0.175. The van der Waals surface area contributed by atoms with E-state index in [-0.39, 0.29) is 18.1 Å². The molecule has 2 amide bonds. The van der Waals surface area contributed by atoms with Gasteiger partial charge in [-0.1, -0.05) is 0 Å². The SMILES string of the molecule is COc1ccc(NC(=O)Nc2ccc(C(=O)OC(C)C)cc2)cc1. The van der Waals surface area contributed by atoms with Gasteiger partial charge in [0.2, 0.25) is 0 Å². The summed E-state index contributed by atoms with van der Waals surface area (Å²) >= 11 is 0. The van der Waals surface area contributed by atoms with Gasteiger partial charge in [-0.15, -0.1) is 0 Å². The molecule has 2 aromatic carbocycles. The molecule has 24 heavy (non-hydrogen) atoms. The van der Waals surface area contributed by atoms with Gasteiger partial charge in [0.1, 0.15) is 5.75 Å². The molecule has 0 fully saturated rings. The first-order valence-corrected chi connectivity index (χ1v) is 7.51. The molecule has 0 aliphatic heterocycles. The highest BCUT2D eigenvalue weighted by Crippen LogP contribution is 2.16. The first kappa shape index (κ1) is 17.3. The minimum Gasteiger partial charge on any atom is -0.497 e. The number of benzene rings is 2. The van der Waals surface area contributed by atoms with E-state index in [0.29, 0.717) is 22.7 Å². The molecule has 126 valence electrons. The molecular formula is C18H20N2O4. The number of esters is 1. The van der Waals surface area contributed by atoms with Gasteiger partial charge in [0.15, 0.2) is 0 Å². The largest absolute Gasteiger partial charge is 0.497 e. The molecule has 2 rings (SSSR count). The average molecular weight is 328 g/mol.